The zero-order valence-electron chi connectivity index (χ0n) is 10.6. The van der Waals surface area contributed by atoms with Crippen molar-refractivity contribution >= 4 is 6.09 Å². The van der Waals surface area contributed by atoms with Crippen LogP contribution in [-0.2, 0) is 4.74 Å². The van der Waals surface area contributed by atoms with Gasteiger partial charge in [0.05, 0.1) is 0 Å². The molecule has 1 fully saturated rings. The molecule has 0 aromatic heterocycles. The topological polar surface area (TPSA) is 29.5 Å². The van der Waals surface area contributed by atoms with Crippen molar-refractivity contribution in [3.8, 4) is 0 Å². The molecule has 0 radical (unpaired) electrons. The minimum atomic E-state index is -0.385. The van der Waals surface area contributed by atoms with Gasteiger partial charge in [-0.3, -0.25) is 0 Å². The largest absolute Gasteiger partial charge is 0.444 e. The van der Waals surface area contributed by atoms with E-state index in [9.17, 15) is 4.79 Å². The van der Waals surface area contributed by atoms with Gasteiger partial charge in [0.1, 0.15) is 5.60 Å². The molecule has 0 saturated carbocycles. The zero-order valence-corrected chi connectivity index (χ0v) is 10.6. The summed E-state index contributed by atoms with van der Waals surface area (Å²) in [5.74, 6) is 0. The Morgan fingerprint density at radius 1 is 1.20 bits per heavy atom. The van der Waals surface area contributed by atoms with Gasteiger partial charge in [0.2, 0.25) is 0 Å². The summed E-state index contributed by atoms with van der Waals surface area (Å²) in [6, 6.07) is 0. The van der Waals surface area contributed by atoms with Crippen LogP contribution in [0.1, 0.15) is 47.5 Å². The van der Waals surface area contributed by atoms with Gasteiger partial charge in [-0.2, -0.15) is 0 Å². The lowest BCUT2D eigenvalue weighted by molar-refractivity contribution is 0.0136. The zero-order chi connectivity index (χ0) is 11.7. The summed E-state index contributed by atoms with van der Waals surface area (Å²) in [4.78, 5) is 13.5. The van der Waals surface area contributed by atoms with Gasteiger partial charge in [-0.15, -0.1) is 0 Å². The molecule has 0 atom stereocenters. The first-order valence-electron chi connectivity index (χ1n) is 5.68. The predicted octanol–water partition coefficient (Wildman–Crippen LogP) is 3.04. The normalized spacial score (nSPS) is 21.3. The summed E-state index contributed by atoms with van der Waals surface area (Å²) in [6.07, 6.45) is 1.95. The summed E-state index contributed by atoms with van der Waals surface area (Å²) in [5.41, 5.74) is -0.0113. The molecule has 0 N–H and O–H groups in total. The first kappa shape index (κ1) is 12.3. The number of amides is 1. The summed E-state index contributed by atoms with van der Waals surface area (Å²) < 4.78 is 5.33. The smallest absolute Gasteiger partial charge is 0.410 e. The fourth-order valence-electron chi connectivity index (χ4n) is 1.62. The number of carbonyl (C=O) groups is 1. The van der Waals surface area contributed by atoms with Crippen molar-refractivity contribution in [1.29, 1.82) is 0 Å². The van der Waals surface area contributed by atoms with Crippen molar-refractivity contribution in [2.24, 2.45) is 5.41 Å². The standard InChI is InChI=1S/C12H23NO2/c1-11(2,3)15-10(14)13-8-6-12(4,5)7-9-13/h6-9H2,1-5H3. The minimum Gasteiger partial charge on any atom is -0.444 e. The number of rotatable bonds is 0. The Hall–Kier alpha value is -0.730. The van der Waals surface area contributed by atoms with E-state index in [2.05, 4.69) is 13.8 Å². The van der Waals surface area contributed by atoms with Crippen LogP contribution < -0.4 is 0 Å². The average molecular weight is 213 g/mol. The number of hydrogen-bond donors (Lipinski definition) is 0. The molecule has 88 valence electrons. The van der Waals surface area contributed by atoms with E-state index in [0.29, 0.717) is 5.41 Å². The van der Waals surface area contributed by atoms with Gasteiger partial charge in [-0.25, -0.2) is 4.79 Å². The minimum absolute atomic E-state index is 0.169. The van der Waals surface area contributed by atoms with Gasteiger partial charge in [-0.1, -0.05) is 13.8 Å². The molecule has 1 heterocycles. The van der Waals surface area contributed by atoms with E-state index in [1.165, 1.54) is 0 Å². The van der Waals surface area contributed by atoms with Gasteiger partial charge in [0.15, 0.2) is 0 Å². The lowest BCUT2D eigenvalue weighted by Gasteiger charge is -2.37. The van der Waals surface area contributed by atoms with Crippen LogP contribution >= 0.6 is 0 Å². The van der Waals surface area contributed by atoms with Gasteiger partial charge < -0.3 is 9.64 Å². The predicted molar refractivity (Wildman–Crippen MR) is 60.8 cm³/mol. The second-order valence-corrected chi connectivity index (χ2v) is 6.13. The van der Waals surface area contributed by atoms with Crippen molar-refractivity contribution in [1.82, 2.24) is 4.90 Å². The third-order valence-corrected chi connectivity index (χ3v) is 2.77. The molecule has 0 spiro atoms. The molecule has 0 aliphatic carbocycles. The number of ether oxygens (including phenoxy) is 1. The van der Waals surface area contributed by atoms with Crippen LogP contribution in [-0.4, -0.2) is 29.7 Å². The molecule has 1 aliphatic rings. The third kappa shape index (κ3) is 4.10. The van der Waals surface area contributed by atoms with E-state index in [-0.39, 0.29) is 11.7 Å². The van der Waals surface area contributed by atoms with Crippen molar-refractivity contribution in [2.75, 3.05) is 13.1 Å². The molecule has 1 aliphatic heterocycles. The van der Waals surface area contributed by atoms with Crippen LogP contribution in [0, 0.1) is 5.41 Å². The highest BCUT2D eigenvalue weighted by Gasteiger charge is 2.30. The summed E-state index contributed by atoms with van der Waals surface area (Å²) in [5, 5.41) is 0. The Morgan fingerprint density at radius 3 is 2.07 bits per heavy atom. The molecular formula is C12H23NO2. The maximum absolute atomic E-state index is 11.7. The van der Waals surface area contributed by atoms with Gasteiger partial charge in [0.25, 0.3) is 0 Å². The van der Waals surface area contributed by atoms with Crippen LogP contribution in [0.15, 0.2) is 0 Å². The molecule has 3 heteroatoms. The Balaban J connectivity index is 2.44. The second-order valence-electron chi connectivity index (χ2n) is 6.13. The third-order valence-electron chi connectivity index (χ3n) is 2.77. The molecule has 0 aromatic rings. The molecule has 1 rings (SSSR count). The number of hydrogen-bond acceptors (Lipinski definition) is 2. The SMILES string of the molecule is CC1(C)CCN(C(=O)OC(C)(C)C)CC1. The second kappa shape index (κ2) is 4.03. The van der Waals surface area contributed by atoms with Crippen molar-refractivity contribution < 1.29 is 9.53 Å². The summed E-state index contributed by atoms with van der Waals surface area (Å²) in [6.45, 7) is 11.8. The highest BCUT2D eigenvalue weighted by atomic mass is 16.6. The van der Waals surface area contributed by atoms with Crippen LogP contribution in [0.25, 0.3) is 0 Å². The Bertz CT molecular complexity index is 230. The molecule has 0 aromatic carbocycles. The Morgan fingerprint density at radius 2 is 1.67 bits per heavy atom. The average Bonchev–Trinajstić information content (AvgIpc) is 2.00. The first-order valence-corrected chi connectivity index (χ1v) is 5.68. The highest BCUT2D eigenvalue weighted by Crippen LogP contribution is 2.30. The fraction of sp³-hybridized carbons (Fsp3) is 0.917. The van der Waals surface area contributed by atoms with Crippen LogP contribution in [0.2, 0.25) is 0 Å². The van der Waals surface area contributed by atoms with Crippen molar-refractivity contribution in [3.63, 3.8) is 0 Å². The maximum Gasteiger partial charge on any atom is 0.410 e. The van der Waals surface area contributed by atoms with Gasteiger partial charge in [-0.05, 0) is 39.0 Å². The van der Waals surface area contributed by atoms with Gasteiger partial charge >= 0.3 is 6.09 Å². The van der Waals surface area contributed by atoms with Crippen LogP contribution in [0.4, 0.5) is 4.79 Å². The van der Waals surface area contributed by atoms with E-state index in [1.54, 1.807) is 0 Å². The Kier molecular flexibility index (Phi) is 3.31. The number of carbonyl (C=O) groups excluding carboxylic acids is 1. The quantitative estimate of drug-likeness (QED) is 0.619. The van der Waals surface area contributed by atoms with Crippen LogP contribution in [0.5, 0.6) is 0 Å². The van der Waals surface area contributed by atoms with E-state index >= 15 is 0 Å². The van der Waals surface area contributed by atoms with Crippen molar-refractivity contribution in [3.05, 3.63) is 0 Å². The van der Waals surface area contributed by atoms with E-state index in [0.717, 1.165) is 25.9 Å². The molecule has 15 heavy (non-hydrogen) atoms. The fourth-order valence-corrected chi connectivity index (χ4v) is 1.62. The monoisotopic (exact) mass is 213 g/mol. The molecule has 1 amide bonds. The molecule has 0 bridgehead atoms. The number of piperidine rings is 1. The van der Waals surface area contributed by atoms with E-state index < -0.39 is 0 Å². The van der Waals surface area contributed by atoms with E-state index in [1.807, 2.05) is 25.7 Å². The van der Waals surface area contributed by atoms with E-state index in [4.69, 9.17) is 4.74 Å². The lowest BCUT2D eigenvalue weighted by Crippen LogP contribution is -2.43. The molecule has 3 nitrogen and oxygen atoms in total. The first-order chi connectivity index (χ1) is 6.70. The van der Waals surface area contributed by atoms with Crippen LogP contribution in [0.3, 0.4) is 0 Å². The molecule has 1 saturated heterocycles. The van der Waals surface area contributed by atoms with Gasteiger partial charge in [0, 0.05) is 13.1 Å². The summed E-state index contributed by atoms with van der Waals surface area (Å²) >= 11 is 0. The summed E-state index contributed by atoms with van der Waals surface area (Å²) in [7, 11) is 0. The number of likely N-dealkylation sites (tertiary alicyclic amines) is 1. The Labute approximate surface area is 92.8 Å². The van der Waals surface area contributed by atoms with Crippen molar-refractivity contribution in [2.45, 2.75) is 53.1 Å². The maximum atomic E-state index is 11.7. The molecule has 0 unspecified atom stereocenters. The number of nitrogens with zero attached hydrogens (tertiary/aromatic N) is 1. The highest BCUT2D eigenvalue weighted by molar-refractivity contribution is 5.68. The lowest BCUT2D eigenvalue weighted by atomic mass is 9.83. The molecular weight excluding hydrogens is 190 g/mol.